The van der Waals surface area contributed by atoms with Gasteiger partial charge in [-0.2, -0.15) is 0 Å². The zero-order chi connectivity index (χ0) is 15.5. The molecule has 1 aromatic rings. The van der Waals surface area contributed by atoms with Crippen LogP contribution in [0.1, 0.15) is 12.5 Å². The molecule has 0 fully saturated rings. The van der Waals surface area contributed by atoms with E-state index < -0.39 is 0 Å². The summed E-state index contributed by atoms with van der Waals surface area (Å²) in [6, 6.07) is 7.70. The lowest BCUT2D eigenvalue weighted by atomic mass is 10.2. The van der Waals surface area contributed by atoms with E-state index in [2.05, 4.69) is 6.58 Å². The summed E-state index contributed by atoms with van der Waals surface area (Å²) in [5, 5.41) is 0. The number of methoxy groups -OCH3 is 1. The smallest absolute Gasteiger partial charge is 0.320 e. The van der Waals surface area contributed by atoms with Gasteiger partial charge in [0.15, 0.2) is 6.79 Å². The fourth-order valence-corrected chi connectivity index (χ4v) is 1.88. The third-order valence-electron chi connectivity index (χ3n) is 2.69. The van der Waals surface area contributed by atoms with Crippen molar-refractivity contribution in [3.63, 3.8) is 0 Å². The molecule has 0 aliphatic heterocycles. The second-order valence-corrected chi connectivity index (χ2v) is 4.46. The molecular formula is C16H23NO4. The summed E-state index contributed by atoms with van der Waals surface area (Å²) < 4.78 is 15.3. The van der Waals surface area contributed by atoms with Gasteiger partial charge in [0.2, 0.25) is 0 Å². The van der Waals surface area contributed by atoms with Gasteiger partial charge >= 0.3 is 5.97 Å². The van der Waals surface area contributed by atoms with Crippen LogP contribution in [0.25, 0.3) is 0 Å². The molecule has 1 aromatic carbocycles. The second kappa shape index (κ2) is 9.96. The first-order chi connectivity index (χ1) is 10.2. The van der Waals surface area contributed by atoms with Crippen LogP contribution in [-0.4, -0.2) is 44.5 Å². The van der Waals surface area contributed by atoms with E-state index in [4.69, 9.17) is 14.2 Å². The fourth-order valence-electron chi connectivity index (χ4n) is 1.88. The van der Waals surface area contributed by atoms with Gasteiger partial charge in [0.25, 0.3) is 0 Å². The van der Waals surface area contributed by atoms with Crippen molar-refractivity contribution in [2.45, 2.75) is 13.5 Å². The summed E-state index contributed by atoms with van der Waals surface area (Å²) in [5.74, 6) is 0.509. The van der Waals surface area contributed by atoms with E-state index in [-0.39, 0.29) is 19.3 Å². The van der Waals surface area contributed by atoms with Crippen LogP contribution in [0.15, 0.2) is 36.9 Å². The number of carbonyl (C=O) groups excluding carboxylic acids is 1. The first-order valence-corrected chi connectivity index (χ1v) is 6.89. The molecule has 0 aromatic heterocycles. The molecule has 0 N–H and O–H groups in total. The molecule has 21 heavy (non-hydrogen) atoms. The zero-order valence-corrected chi connectivity index (χ0v) is 12.7. The minimum absolute atomic E-state index is 0.211. The Bertz CT molecular complexity index is 448. The lowest BCUT2D eigenvalue weighted by Gasteiger charge is -2.20. The summed E-state index contributed by atoms with van der Waals surface area (Å²) >= 11 is 0. The molecule has 5 heteroatoms. The van der Waals surface area contributed by atoms with E-state index in [9.17, 15) is 4.79 Å². The van der Waals surface area contributed by atoms with E-state index in [1.807, 2.05) is 29.2 Å². The van der Waals surface area contributed by atoms with Gasteiger partial charge in [-0.05, 0) is 24.6 Å². The highest BCUT2D eigenvalue weighted by Crippen LogP contribution is 2.15. The Kier molecular flexibility index (Phi) is 8.16. The van der Waals surface area contributed by atoms with E-state index in [1.165, 1.54) is 0 Å². The Morgan fingerprint density at radius 1 is 1.43 bits per heavy atom. The van der Waals surface area contributed by atoms with Crippen LogP contribution in [-0.2, 0) is 20.8 Å². The van der Waals surface area contributed by atoms with Crippen molar-refractivity contribution in [3.8, 4) is 5.75 Å². The van der Waals surface area contributed by atoms with Crippen LogP contribution in [0.4, 0.5) is 0 Å². The standard InChI is InChI=1S/C16H23NO4/c1-4-9-17(12-16(18)20-5-2)11-14-7-6-8-15(10-14)21-13-19-3/h4,6-8,10H,1,5,9,11-13H2,2-3H3. The molecule has 0 spiro atoms. The normalized spacial score (nSPS) is 10.4. The van der Waals surface area contributed by atoms with Crippen molar-refractivity contribution >= 4 is 5.97 Å². The predicted octanol–water partition coefficient (Wildman–Crippen LogP) is 2.22. The molecule has 0 aliphatic rings. The summed E-state index contributed by atoms with van der Waals surface area (Å²) in [4.78, 5) is 13.5. The van der Waals surface area contributed by atoms with Crippen molar-refractivity contribution in [1.82, 2.24) is 4.90 Å². The molecule has 0 unspecified atom stereocenters. The third-order valence-corrected chi connectivity index (χ3v) is 2.69. The highest BCUT2D eigenvalue weighted by molar-refractivity contribution is 5.71. The lowest BCUT2D eigenvalue weighted by molar-refractivity contribution is -0.144. The summed E-state index contributed by atoms with van der Waals surface area (Å²) in [6.45, 7) is 7.59. The number of esters is 1. The van der Waals surface area contributed by atoms with Crippen molar-refractivity contribution in [3.05, 3.63) is 42.5 Å². The first-order valence-electron chi connectivity index (χ1n) is 6.89. The number of benzene rings is 1. The molecule has 0 saturated carbocycles. The maximum absolute atomic E-state index is 11.6. The quantitative estimate of drug-likeness (QED) is 0.376. The molecule has 0 radical (unpaired) electrons. The Morgan fingerprint density at radius 2 is 2.24 bits per heavy atom. The Hall–Kier alpha value is -1.85. The molecule has 5 nitrogen and oxygen atoms in total. The van der Waals surface area contributed by atoms with Gasteiger partial charge < -0.3 is 14.2 Å². The molecule has 0 saturated heterocycles. The van der Waals surface area contributed by atoms with Gasteiger partial charge in [-0.1, -0.05) is 18.2 Å². The molecular weight excluding hydrogens is 270 g/mol. The van der Waals surface area contributed by atoms with Gasteiger partial charge in [-0.25, -0.2) is 0 Å². The van der Waals surface area contributed by atoms with Crippen LogP contribution in [0, 0.1) is 0 Å². The fraction of sp³-hybridized carbons (Fsp3) is 0.438. The van der Waals surface area contributed by atoms with Crippen molar-refractivity contribution in [1.29, 1.82) is 0 Å². The highest BCUT2D eigenvalue weighted by atomic mass is 16.7. The SMILES string of the molecule is C=CCN(CC(=O)OCC)Cc1cccc(OCOC)c1. The predicted molar refractivity (Wildman–Crippen MR) is 81.1 cm³/mol. The summed E-state index contributed by atoms with van der Waals surface area (Å²) in [6.07, 6.45) is 1.77. The Morgan fingerprint density at radius 3 is 2.90 bits per heavy atom. The average Bonchev–Trinajstić information content (AvgIpc) is 2.46. The molecule has 0 amide bonds. The lowest BCUT2D eigenvalue weighted by Crippen LogP contribution is -2.30. The number of nitrogens with zero attached hydrogens (tertiary/aromatic N) is 1. The molecule has 116 valence electrons. The van der Waals surface area contributed by atoms with Crippen LogP contribution in [0.3, 0.4) is 0 Å². The largest absolute Gasteiger partial charge is 0.468 e. The average molecular weight is 293 g/mol. The summed E-state index contributed by atoms with van der Waals surface area (Å²) in [5.41, 5.74) is 1.05. The highest BCUT2D eigenvalue weighted by Gasteiger charge is 2.11. The van der Waals surface area contributed by atoms with E-state index >= 15 is 0 Å². The van der Waals surface area contributed by atoms with E-state index in [0.717, 1.165) is 11.3 Å². The zero-order valence-electron chi connectivity index (χ0n) is 12.7. The Balaban J connectivity index is 2.64. The molecule has 0 bridgehead atoms. The monoisotopic (exact) mass is 293 g/mol. The minimum atomic E-state index is -0.230. The molecule has 0 aliphatic carbocycles. The van der Waals surface area contributed by atoms with Crippen LogP contribution >= 0.6 is 0 Å². The van der Waals surface area contributed by atoms with Gasteiger partial charge in [0.05, 0.1) is 13.2 Å². The molecule has 0 heterocycles. The van der Waals surface area contributed by atoms with E-state index in [1.54, 1.807) is 20.1 Å². The van der Waals surface area contributed by atoms with E-state index in [0.29, 0.717) is 19.7 Å². The number of hydrogen-bond donors (Lipinski definition) is 0. The van der Waals surface area contributed by atoms with Crippen LogP contribution < -0.4 is 4.74 Å². The first kappa shape index (κ1) is 17.2. The van der Waals surface area contributed by atoms with Crippen LogP contribution in [0.5, 0.6) is 5.75 Å². The second-order valence-electron chi connectivity index (χ2n) is 4.46. The van der Waals surface area contributed by atoms with Gasteiger partial charge in [0, 0.05) is 20.2 Å². The van der Waals surface area contributed by atoms with Crippen molar-refractivity contribution in [2.24, 2.45) is 0 Å². The summed E-state index contributed by atoms with van der Waals surface area (Å²) in [7, 11) is 1.58. The number of ether oxygens (including phenoxy) is 3. The minimum Gasteiger partial charge on any atom is -0.468 e. The van der Waals surface area contributed by atoms with Gasteiger partial charge in [0.1, 0.15) is 5.75 Å². The van der Waals surface area contributed by atoms with Crippen LogP contribution in [0.2, 0.25) is 0 Å². The van der Waals surface area contributed by atoms with Crippen molar-refractivity contribution < 1.29 is 19.0 Å². The molecule has 0 atom stereocenters. The van der Waals surface area contributed by atoms with Gasteiger partial charge in [-0.15, -0.1) is 6.58 Å². The van der Waals surface area contributed by atoms with Crippen molar-refractivity contribution in [2.75, 3.05) is 33.6 Å². The topological polar surface area (TPSA) is 48.0 Å². The third kappa shape index (κ3) is 6.92. The maximum Gasteiger partial charge on any atom is 0.320 e. The maximum atomic E-state index is 11.6. The number of hydrogen-bond acceptors (Lipinski definition) is 5. The number of rotatable bonds is 10. The molecule has 1 rings (SSSR count). The van der Waals surface area contributed by atoms with Gasteiger partial charge in [-0.3, -0.25) is 9.69 Å². The Labute approximate surface area is 126 Å². The number of carbonyl (C=O) groups is 1.